The molecule has 0 saturated carbocycles. The van der Waals surface area contributed by atoms with Gasteiger partial charge in [-0.2, -0.15) is 0 Å². The first-order valence-corrected chi connectivity index (χ1v) is 53.7. The second kappa shape index (κ2) is 39.4. The summed E-state index contributed by atoms with van der Waals surface area (Å²) in [5.41, 5.74) is 12.7. The molecule has 142 heavy (non-hydrogen) atoms. The highest BCUT2D eigenvalue weighted by Gasteiger charge is 2.25. The smallest absolute Gasteiger partial charge is 0.569 e. The van der Waals surface area contributed by atoms with Gasteiger partial charge in [-0.15, -0.1) is 45.3 Å². The van der Waals surface area contributed by atoms with E-state index in [4.69, 9.17) is 14.7 Å². The average molecular weight is 2270 g/mol. The summed E-state index contributed by atoms with van der Waals surface area (Å²) >= 11 is 19.3. The van der Waals surface area contributed by atoms with Gasteiger partial charge in [0.2, 0.25) is 0 Å². The molecule has 4 aromatic heterocycles. The molecule has 0 saturated heterocycles. The van der Waals surface area contributed by atoms with Crippen molar-refractivity contribution in [3.63, 3.8) is 0 Å². The highest BCUT2D eigenvalue weighted by molar-refractivity contribution is 14.1. The fourth-order valence-corrected chi connectivity index (χ4v) is 29.0. The van der Waals surface area contributed by atoms with Gasteiger partial charge in [0.05, 0.1) is 9.40 Å². The number of benzene rings is 25. The van der Waals surface area contributed by atoms with Crippen molar-refractivity contribution in [2.75, 3.05) is 0 Å². The van der Waals surface area contributed by atoms with E-state index in [0.717, 1.165) is 38.8 Å². The highest BCUT2D eigenvalue weighted by Crippen LogP contribution is 2.54. The van der Waals surface area contributed by atoms with Crippen LogP contribution in [0.15, 0.2) is 464 Å². The number of hydrogen-bond donors (Lipinski definition) is 3. The standard InChI is InChI=1S/C56H34S.C26H15IS.C20H12BO2S.C20H11BrS.C6H4BrI.BH2O2.11H2.3H/c1-2-15-35(16-3-1)40-31-32-49(44-24-9-8-23-43(40)44)54-47-27-12-10-25-45(47)52(46-26-11-13-28-48(46)54)38-19-14-20-39(33-38)53-41-21-6-5-18-37(41)34-51-50-30-29-36-17-4-7-22-42(36)55(50)57-56(51)53;27-19-9-5-8-18(14-19)24-20-10-3-2-7-17(20)15-23-22-13-12-16-6-1-4-11-21(16)25(22)28-26(23)24;22-21-23-18-14-7-3-2-6-13(14)11-17-16-10-9-12-5-1-4-8-15(12)19(16)24-20(17)18;21-18-14-7-3-2-6-13(14)11-17-16-10-9-12-5-1-4-8-15(12)19(16)22-20(17)18;7-5-2-1-3-6(8)4-5;2-1-3;;;;;;;;;;;;;;/h1-34H;1-15H;1-11,22H;1-11H;1-4H;2-3H;11*1H;;;/q;;;;;;;;;;;;;;;;;3*-1. The molecule has 2 radical (unpaired) electrons. The minimum Gasteiger partial charge on any atom is -1.00 e. The van der Waals surface area contributed by atoms with Crippen LogP contribution in [0.5, 0.6) is 5.75 Å². The SMILES string of the molecule is Brc1c2ccccc2cc2c1sc1c3ccccc3ccc21.Brc1cccc(I)c1.Ic1cccc(-c2c3ccccc3cc3c2sc2c4ccccc4ccc32)c1.O[B]O.O[B]Oc1c2ccccc2cc2c1sc1c3ccccc3ccc21.[H-].[H-].[H-].[HH].[HH].[HH].[HH].[HH].[HH].[HH].[HH].[HH].[HH].[HH].c1ccc(-c2ccc(-c3c4ccccc4c(-c4cccc(-c5c6ccccc6cc6c5sc5c7ccccc7ccc65)c4)c4ccccc34)c3ccccc23)cc1. The maximum Gasteiger partial charge on any atom is 0.569 e. The lowest BCUT2D eigenvalue weighted by Crippen LogP contribution is -2.00. The normalized spacial score (nSPS) is 11.5. The number of rotatable bonds is 7. The molecule has 0 unspecified atom stereocenters. The molecule has 29 aromatic rings. The summed E-state index contributed by atoms with van der Waals surface area (Å²) in [6.45, 7) is 0. The molecule has 0 bridgehead atoms. The van der Waals surface area contributed by atoms with Gasteiger partial charge in [-0.05, 0) is 279 Å². The Morgan fingerprint density at radius 1 is 0.211 bits per heavy atom. The van der Waals surface area contributed by atoms with E-state index in [1.165, 1.54) is 246 Å². The minimum absolute atomic E-state index is 0. The van der Waals surface area contributed by atoms with Crippen molar-refractivity contribution in [3.8, 4) is 61.4 Å². The zero-order chi connectivity index (χ0) is 95.6. The van der Waals surface area contributed by atoms with Gasteiger partial charge in [0, 0.05) is 120 Å². The van der Waals surface area contributed by atoms with Gasteiger partial charge in [0.1, 0.15) is 5.75 Å². The number of fused-ring (bicyclic) bond motifs is 27. The predicted octanol–water partition coefficient (Wildman–Crippen LogP) is 42.1. The van der Waals surface area contributed by atoms with Gasteiger partial charge in [0.25, 0.3) is 0 Å². The van der Waals surface area contributed by atoms with Crippen molar-refractivity contribution < 1.29 is 39.7 Å². The zero-order valence-electron chi connectivity index (χ0n) is 78.9. The monoisotopic (exact) mass is 2270 g/mol. The van der Waals surface area contributed by atoms with Gasteiger partial charge in [0.15, 0.2) is 0 Å². The predicted molar refractivity (Wildman–Crippen MR) is 670 cm³/mol. The Bertz CT molecular complexity index is 10100. The Balaban J connectivity index is 0.000000213. The van der Waals surface area contributed by atoms with E-state index >= 15 is 0 Å². The second-order valence-electron chi connectivity index (χ2n) is 35.1. The molecule has 29 rings (SSSR count). The van der Waals surface area contributed by atoms with Crippen LogP contribution in [0.1, 0.15) is 20.0 Å². The highest BCUT2D eigenvalue weighted by atomic mass is 127. The quantitative estimate of drug-likeness (QED) is 0.0845. The van der Waals surface area contributed by atoms with Crippen LogP contribution in [0, 0.1) is 7.14 Å². The average Bonchev–Trinajstić information content (AvgIpc) is 1.41. The zero-order valence-corrected chi connectivity index (χ0v) is 86.6. The van der Waals surface area contributed by atoms with Crippen molar-refractivity contribution in [1.82, 2.24) is 0 Å². The third-order valence-electron chi connectivity index (χ3n) is 27.1. The molecule has 4 heterocycles. The molecule has 0 aliphatic heterocycles. The number of halogens is 4. The maximum absolute atomic E-state index is 9.24. The number of hydrogen-bond acceptors (Lipinski definition) is 8. The lowest BCUT2D eigenvalue weighted by Gasteiger charge is -2.20. The molecule has 0 amide bonds. The number of thiophene rings is 4. The van der Waals surface area contributed by atoms with Crippen LogP contribution in [0.3, 0.4) is 0 Å². The molecule has 0 atom stereocenters. The van der Waals surface area contributed by atoms with Crippen molar-refractivity contribution >= 4 is 337 Å². The molecule has 0 aliphatic rings. The lowest BCUT2D eigenvalue weighted by molar-refractivity contribution is 0.448. The first-order chi connectivity index (χ1) is 70.0. The third kappa shape index (κ3) is 16.7. The summed E-state index contributed by atoms with van der Waals surface area (Å²) in [7, 11) is 0.768. The molecule has 0 spiro atoms. The van der Waals surface area contributed by atoms with Gasteiger partial charge in [-0.3, -0.25) is 0 Å². The summed E-state index contributed by atoms with van der Waals surface area (Å²) in [4.78, 5) is 0. The van der Waals surface area contributed by atoms with Crippen molar-refractivity contribution in [2.24, 2.45) is 0 Å². The van der Waals surface area contributed by atoms with Crippen molar-refractivity contribution in [3.05, 3.63) is 471 Å². The largest absolute Gasteiger partial charge is 1.00 e. The van der Waals surface area contributed by atoms with Crippen LogP contribution in [-0.4, -0.2) is 30.4 Å². The lowest BCUT2D eigenvalue weighted by atomic mass is 9.83. The van der Waals surface area contributed by atoms with Gasteiger partial charge in [-0.1, -0.05) is 410 Å². The van der Waals surface area contributed by atoms with Crippen LogP contribution in [0.2, 0.25) is 0 Å². The molecule has 25 aromatic carbocycles. The van der Waals surface area contributed by atoms with Crippen LogP contribution in [-0.2, 0) is 0 Å². The van der Waals surface area contributed by atoms with Crippen LogP contribution >= 0.6 is 122 Å². The Morgan fingerprint density at radius 2 is 0.514 bits per heavy atom. The molecule has 0 fully saturated rings. The summed E-state index contributed by atoms with van der Waals surface area (Å²) < 4.78 is 20.9. The first-order valence-electron chi connectivity index (χ1n) is 46.7. The molecule has 4 nitrogen and oxygen atoms in total. The van der Waals surface area contributed by atoms with E-state index in [9.17, 15) is 5.02 Å². The van der Waals surface area contributed by atoms with Gasteiger partial charge >= 0.3 is 15.4 Å². The minimum atomic E-state index is 0. The molecule has 14 heteroatoms. The fourth-order valence-electron chi connectivity index (χ4n) is 20.9. The molecular weight excluding hydrogens is 2160 g/mol. The van der Waals surface area contributed by atoms with Crippen LogP contribution in [0.25, 0.3) is 255 Å². The van der Waals surface area contributed by atoms with E-state index in [1.807, 2.05) is 64.3 Å². The summed E-state index contributed by atoms with van der Waals surface area (Å²) in [6.07, 6.45) is 0. The Morgan fingerprint density at radius 3 is 0.944 bits per heavy atom. The molecular formula is C128H103B2Br2I2O4S4-3. The Labute approximate surface area is 900 Å². The van der Waals surface area contributed by atoms with Gasteiger partial charge < -0.3 is 24.0 Å². The van der Waals surface area contributed by atoms with E-state index in [0.29, 0.717) is 0 Å². The van der Waals surface area contributed by atoms with E-state index < -0.39 is 0 Å². The first kappa shape index (κ1) is 91.0. The van der Waals surface area contributed by atoms with Crippen LogP contribution in [0.4, 0.5) is 0 Å². The fraction of sp³-hybridized carbons (Fsp3) is 0. The second-order valence-corrected chi connectivity index (χ2v) is 43.4. The summed E-state index contributed by atoms with van der Waals surface area (Å²) in [5.74, 6) is 0.718. The van der Waals surface area contributed by atoms with Gasteiger partial charge in [-0.25, -0.2) is 0 Å². The maximum atomic E-state index is 9.24. The molecule has 0 aliphatic carbocycles. The summed E-state index contributed by atoms with van der Waals surface area (Å²) in [6, 6.07) is 165. The Hall–Kier alpha value is -13.5. The van der Waals surface area contributed by atoms with Crippen molar-refractivity contribution in [2.45, 2.75) is 0 Å². The molecule has 700 valence electrons. The van der Waals surface area contributed by atoms with E-state index in [1.54, 1.807) is 11.3 Å². The van der Waals surface area contributed by atoms with E-state index in [-0.39, 0.29) is 27.7 Å². The molecule has 3 N–H and O–H groups in total. The summed E-state index contributed by atoms with van der Waals surface area (Å²) in [5, 5.41) is 61.5. The van der Waals surface area contributed by atoms with Crippen LogP contribution < -0.4 is 4.65 Å². The topological polar surface area (TPSA) is 69.9 Å². The third-order valence-corrected chi connectivity index (χ3v) is 35.1. The Kier molecular flexibility index (Phi) is 25.2. The van der Waals surface area contributed by atoms with Crippen molar-refractivity contribution in [1.29, 1.82) is 0 Å². The van der Waals surface area contributed by atoms with E-state index in [2.05, 4.69) is 502 Å².